The predicted molar refractivity (Wildman–Crippen MR) is 106 cm³/mol. The lowest BCUT2D eigenvalue weighted by Gasteiger charge is -2.10. The van der Waals surface area contributed by atoms with Crippen molar-refractivity contribution in [1.29, 1.82) is 0 Å². The van der Waals surface area contributed by atoms with E-state index >= 15 is 0 Å². The number of sulfone groups is 1. The van der Waals surface area contributed by atoms with Gasteiger partial charge in [-0.2, -0.15) is 0 Å². The van der Waals surface area contributed by atoms with Crippen LogP contribution in [-0.4, -0.2) is 50.1 Å². The summed E-state index contributed by atoms with van der Waals surface area (Å²) in [5.74, 6) is -0.502. The summed E-state index contributed by atoms with van der Waals surface area (Å²) < 4.78 is 29.8. The Kier molecular flexibility index (Phi) is 6.42. The summed E-state index contributed by atoms with van der Waals surface area (Å²) >= 11 is 1.27. The van der Waals surface area contributed by atoms with Gasteiger partial charge in [0.1, 0.15) is 6.61 Å². The van der Waals surface area contributed by atoms with Crippen molar-refractivity contribution in [3.8, 4) is 0 Å². The lowest BCUT2D eigenvalue weighted by Crippen LogP contribution is -2.25. The number of hydrogen-bond donors (Lipinski definition) is 1. The number of ether oxygens (including phenoxy) is 1. The minimum Gasteiger partial charge on any atom is -0.392 e. The van der Waals surface area contributed by atoms with Crippen LogP contribution >= 0.6 is 11.3 Å². The molecule has 2 aromatic rings. The molecule has 10 heteroatoms. The molecule has 1 heterocycles. The second-order valence-corrected chi connectivity index (χ2v) is 9.46. The molecule has 0 bridgehead atoms. The van der Waals surface area contributed by atoms with E-state index in [1.165, 1.54) is 23.5 Å². The Morgan fingerprint density at radius 2 is 2.07 bits per heavy atom. The van der Waals surface area contributed by atoms with E-state index in [4.69, 9.17) is 9.57 Å². The number of nitrogens with one attached hydrogen (secondary N) is 1. The summed E-state index contributed by atoms with van der Waals surface area (Å²) in [5.41, 5.74) is 0.461. The molecule has 1 fully saturated rings. The zero-order chi connectivity index (χ0) is 20.1. The molecule has 28 heavy (non-hydrogen) atoms. The number of aromatic nitrogens is 1. The van der Waals surface area contributed by atoms with Crippen molar-refractivity contribution in [2.75, 3.05) is 19.0 Å². The minimum absolute atomic E-state index is 0.0221. The highest BCUT2D eigenvalue weighted by molar-refractivity contribution is 7.92. The molecule has 0 spiro atoms. The van der Waals surface area contributed by atoms with Gasteiger partial charge in [-0.15, -0.1) is 11.3 Å². The van der Waals surface area contributed by atoms with Gasteiger partial charge in [0.2, 0.25) is 0 Å². The Balaban J connectivity index is 1.82. The Hall–Kier alpha value is -2.30. The van der Waals surface area contributed by atoms with Crippen LogP contribution < -0.4 is 5.32 Å². The molecule has 0 unspecified atom stereocenters. The maximum Gasteiger partial charge on any atom is 0.280 e. The fourth-order valence-corrected chi connectivity index (χ4v) is 4.50. The van der Waals surface area contributed by atoms with Crippen molar-refractivity contribution in [2.24, 2.45) is 5.16 Å². The first-order chi connectivity index (χ1) is 13.4. The summed E-state index contributed by atoms with van der Waals surface area (Å²) in [6, 6.07) is 6.09. The van der Waals surface area contributed by atoms with Crippen molar-refractivity contribution in [2.45, 2.75) is 36.0 Å². The summed E-state index contributed by atoms with van der Waals surface area (Å²) in [4.78, 5) is 22.2. The molecule has 0 saturated heterocycles. The number of oxime groups is 1. The molecule has 0 aliphatic heterocycles. The Morgan fingerprint density at radius 1 is 1.36 bits per heavy atom. The van der Waals surface area contributed by atoms with E-state index in [0.29, 0.717) is 23.5 Å². The molecule has 3 rings (SSSR count). The normalized spacial score (nSPS) is 15.9. The molecule has 8 nitrogen and oxygen atoms in total. The van der Waals surface area contributed by atoms with Crippen LogP contribution in [0, 0.1) is 0 Å². The van der Waals surface area contributed by atoms with Crippen molar-refractivity contribution in [3.05, 3.63) is 41.4 Å². The van der Waals surface area contributed by atoms with Crippen LogP contribution in [-0.2, 0) is 24.2 Å². The number of thiazole rings is 1. The highest BCUT2D eigenvalue weighted by Crippen LogP contribution is 2.33. The number of hydrogen-bond acceptors (Lipinski definition) is 8. The summed E-state index contributed by atoms with van der Waals surface area (Å²) in [5, 5.41) is 8.48. The molecule has 1 amide bonds. The van der Waals surface area contributed by atoms with Crippen LogP contribution in [0.2, 0.25) is 0 Å². The van der Waals surface area contributed by atoms with Gasteiger partial charge in [0.15, 0.2) is 20.7 Å². The Morgan fingerprint density at radius 3 is 2.64 bits per heavy atom. The smallest absolute Gasteiger partial charge is 0.280 e. The van der Waals surface area contributed by atoms with Crippen LogP contribution in [0.25, 0.3) is 0 Å². The standard InChI is InChI=1S/C18H21N3O5S2/c1-12(25-2)11-26-21-16(17(22)20-18-19-9-10-27-18)13-3-5-14(6-4-13)28(23,24)15-7-8-15/h3-6,9-10,12,15H,7-8,11H2,1-2H3,(H,19,20,22)/b21-16+/t12-/m0/s1. The van der Waals surface area contributed by atoms with E-state index in [9.17, 15) is 13.2 Å². The zero-order valence-electron chi connectivity index (χ0n) is 15.5. The van der Waals surface area contributed by atoms with Crippen LogP contribution in [0.5, 0.6) is 0 Å². The van der Waals surface area contributed by atoms with Gasteiger partial charge < -0.3 is 9.57 Å². The second kappa shape index (κ2) is 8.80. The van der Waals surface area contributed by atoms with E-state index in [0.717, 1.165) is 0 Å². The van der Waals surface area contributed by atoms with E-state index in [-0.39, 0.29) is 28.6 Å². The lowest BCUT2D eigenvalue weighted by atomic mass is 10.1. The first kappa shape index (κ1) is 20.4. The molecule has 1 aliphatic rings. The van der Waals surface area contributed by atoms with Gasteiger partial charge in [-0.1, -0.05) is 17.3 Å². The fraction of sp³-hybridized carbons (Fsp3) is 0.389. The summed E-state index contributed by atoms with van der Waals surface area (Å²) in [7, 11) is -1.75. The van der Waals surface area contributed by atoms with E-state index in [2.05, 4.69) is 15.5 Å². The van der Waals surface area contributed by atoms with E-state index in [1.54, 1.807) is 30.8 Å². The topological polar surface area (TPSA) is 107 Å². The average Bonchev–Trinajstić information content (AvgIpc) is 3.44. The molecule has 1 N–H and O–H groups in total. The minimum atomic E-state index is -3.30. The monoisotopic (exact) mass is 423 g/mol. The van der Waals surface area contributed by atoms with Gasteiger partial charge in [-0.3, -0.25) is 10.1 Å². The van der Waals surface area contributed by atoms with Crippen molar-refractivity contribution >= 4 is 37.9 Å². The molecule has 1 aliphatic carbocycles. The molecule has 1 atom stereocenters. The van der Waals surface area contributed by atoms with Gasteiger partial charge in [-0.05, 0) is 31.9 Å². The van der Waals surface area contributed by atoms with Gasteiger partial charge >= 0.3 is 0 Å². The van der Waals surface area contributed by atoms with Crippen LogP contribution in [0.1, 0.15) is 25.3 Å². The van der Waals surface area contributed by atoms with Crippen LogP contribution in [0.4, 0.5) is 5.13 Å². The Labute approximate surface area is 167 Å². The maximum atomic E-state index is 12.7. The van der Waals surface area contributed by atoms with Crippen molar-refractivity contribution in [3.63, 3.8) is 0 Å². The number of rotatable bonds is 9. The molecule has 150 valence electrons. The number of benzene rings is 1. The Bertz CT molecular complexity index is 936. The maximum absolute atomic E-state index is 12.7. The number of anilines is 1. The number of carbonyl (C=O) groups is 1. The highest BCUT2D eigenvalue weighted by Gasteiger charge is 2.36. The van der Waals surface area contributed by atoms with E-state index in [1.807, 2.05) is 6.92 Å². The molecule has 1 aromatic carbocycles. The summed E-state index contributed by atoms with van der Waals surface area (Å²) in [6.07, 6.45) is 2.76. The van der Waals surface area contributed by atoms with Gasteiger partial charge in [0, 0.05) is 24.3 Å². The molecule has 1 aromatic heterocycles. The molecule has 1 saturated carbocycles. The predicted octanol–water partition coefficient (Wildman–Crippen LogP) is 2.47. The molecular formula is C18H21N3O5S2. The third kappa shape index (κ3) is 4.94. The fourth-order valence-electron chi connectivity index (χ4n) is 2.31. The van der Waals surface area contributed by atoms with E-state index < -0.39 is 15.7 Å². The lowest BCUT2D eigenvalue weighted by molar-refractivity contribution is -0.110. The van der Waals surface area contributed by atoms with Gasteiger partial charge in [0.05, 0.1) is 16.2 Å². The van der Waals surface area contributed by atoms with Crippen LogP contribution in [0.15, 0.2) is 45.9 Å². The first-order valence-corrected chi connectivity index (χ1v) is 11.1. The highest BCUT2D eigenvalue weighted by atomic mass is 32.2. The number of amides is 1. The number of nitrogens with zero attached hydrogens (tertiary/aromatic N) is 2. The van der Waals surface area contributed by atoms with Gasteiger partial charge in [-0.25, -0.2) is 13.4 Å². The van der Waals surface area contributed by atoms with Crippen molar-refractivity contribution < 1.29 is 22.8 Å². The first-order valence-electron chi connectivity index (χ1n) is 8.69. The molecule has 0 radical (unpaired) electrons. The third-order valence-electron chi connectivity index (χ3n) is 4.15. The molecular weight excluding hydrogens is 402 g/mol. The third-order valence-corrected chi connectivity index (χ3v) is 7.12. The van der Waals surface area contributed by atoms with Crippen LogP contribution in [0.3, 0.4) is 0 Å². The summed E-state index contributed by atoms with van der Waals surface area (Å²) in [6.45, 7) is 1.97. The SMILES string of the molecule is CO[C@@H](C)CO/N=C(/C(=O)Nc1nccs1)c1ccc(S(=O)(=O)C2CC2)cc1. The number of carbonyl (C=O) groups excluding carboxylic acids is 1. The number of methoxy groups -OCH3 is 1. The zero-order valence-corrected chi connectivity index (χ0v) is 17.1. The largest absolute Gasteiger partial charge is 0.392 e. The van der Waals surface area contributed by atoms with Crippen molar-refractivity contribution in [1.82, 2.24) is 4.98 Å². The quantitative estimate of drug-likeness (QED) is 0.490. The average molecular weight is 424 g/mol. The second-order valence-electron chi connectivity index (χ2n) is 6.34. The van der Waals surface area contributed by atoms with Gasteiger partial charge in [0.25, 0.3) is 5.91 Å².